The topological polar surface area (TPSA) is 34.1 Å². The molecular weight excluding hydrogens is 1310 g/mol. The lowest BCUT2D eigenvalue weighted by molar-refractivity contribution is 0.556. The smallest absolute Gasteiger partial charge is 0.210 e. The Kier molecular flexibility index (Phi) is 33.5. The highest BCUT2D eigenvalue weighted by molar-refractivity contribution is 9.11. The van der Waals surface area contributed by atoms with Gasteiger partial charge in [-0.1, -0.05) is 303 Å². The first-order valence-electron chi connectivity index (χ1n) is 33.5. The van der Waals surface area contributed by atoms with Crippen molar-refractivity contribution in [3.63, 3.8) is 0 Å². The van der Waals surface area contributed by atoms with Crippen molar-refractivity contribution in [2.24, 2.45) is 0 Å². The highest BCUT2D eigenvalue weighted by Crippen LogP contribution is 2.52. The molecule has 0 aliphatic heterocycles. The third-order valence-corrected chi connectivity index (χ3v) is 25.7. The number of hydrogen-bond donors (Lipinski definition) is 0. The Labute approximate surface area is 536 Å². The maximum Gasteiger partial charge on any atom is 0.210 e. The molecule has 0 aliphatic rings. The molecule has 0 saturated carbocycles. The standard InChI is InChI=1S/C72H106Br4O2S3/c1-5-9-13-17-21-25-29-33-37-41-45-55-53-63-65(59-49-51-61(73)57(69(59)79-63)47-43-39-35-31-27-23-19-15-11-7-3)71(67(55)75)81(77,78)72-66-60-50-52-62(74)58(48-44-40-36-32-28-24-20-16-12-8-4)70(60)80-64(66)54-56(68(72)76)46-42-38-34-30-26-22-18-14-10-6-2/h49-54H,5-48H2,1-4H3. The zero-order chi connectivity index (χ0) is 57.7. The Balaban J connectivity index is 1.38. The lowest BCUT2D eigenvalue weighted by atomic mass is 10.0. The minimum Gasteiger partial charge on any atom is -0.218 e. The van der Waals surface area contributed by atoms with Gasteiger partial charge in [0.05, 0.1) is 9.79 Å². The molecule has 0 atom stereocenters. The van der Waals surface area contributed by atoms with Crippen molar-refractivity contribution in [1.82, 2.24) is 0 Å². The molecule has 2 nitrogen and oxygen atoms in total. The Morgan fingerprint density at radius 3 is 0.852 bits per heavy atom. The fourth-order valence-electron chi connectivity index (χ4n) is 12.7. The molecular formula is C72H106Br4O2S3. The van der Waals surface area contributed by atoms with E-state index in [0.717, 1.165) is 124 Å². The molecule has 0 N–H and O–H groups in total. The number of benzene rings is 4. The molecule has 0 amide bonds. The largest absolute Gasteiger partial charge is 0.218 e. The molecule has 9 heteroatoms. The van der Waals surface area contributed by atoms with Crippen LogP contribution in [0.3, 0.4) is 0 Å². The molecule has 81 heavy (non-hydrogen) atoms. The molecule has 0 unspecified atom stereocenters. The second-order valence-corrected chi connectivity index (χ2v) is 31.6. The van der Waals surface area contributed by atoms with Crippen molar-refractivity contribution in [3.05, 3.63) is 76.5 Å². The summed E-state index contributed by atoms with van der Waals surface area (Å²) in [5.41, 5.74) is 4.90. The number of fused-ring (bicyclic) bond motifs is 6. The summed E-state index contributed by atoms with van der Waals surface area (Å²) in [5.74, 6) is 0. The van der Waals surface area contributed by atoms with Crippen LogP contribution < -0.4 is 0 Å². The van der Waals surface area contributed by atoms with Gasteiger partial charge in [0, 0.05) is 58.2 Å². The van der Waals surface area contributed by atoms with E-state index in [2.05, 4.69) is 128 Å². The first-order chi connectivity index (χ1) is 39.6. The van der Waals surface area contributed by atoms with E-state index in [-0.39, 0.29) is 0 Å². The molecule has 0 bridgehead atoms. The summed E-state index contributed by atoms with van der Waals surface area (Å²) in [4.78, 5) is 0.918. The Morgan fingerprint density at radius 2 is 0.580 bits per heavy atom. The molecule has 452 valence electrons. The molecule has 0 spiro atoms. The van der Waals surface area contributed by atoms with Gasteiger partial charge >= 0.3 is 0 Å². The Morgan fingerprint density at radius 1 is 0.333 bits per heavy atom. The number of hydrogen-bond acceptors (Lipinski definition) is 4. The maximum atomic E-state index is 16.8. The predicted octanol–water partition coefficient (Wildman–Crippen LogP) is 28.2. The fraction of sp³-hybridized carbons (Fsp3) is 0.667. The number of sulfone groups is 1. The highest BCUT2D eigenvalue weighted by Gasteiger charge is 2.34. The summed E-state index contributed by atoms with van der Waals surface area (Å²) in [6, 6.07) is 13.5. The van der Waals surface area contributed by atoms with Gasteiger partial charge in [0.25, 0.3) is 0 Å². The van der Waals surface area contributed by atoms with Gasteiger partial charge in [-0.25, -0.2) is 8.42 Å². The van der Waals surface area contributed by atoms with Crippen LogP contribution in [0, 0.1) is 0 Å². The van der Waals surface area contributed by atoms with E-state index < -0.39 is 9.84 Å². The van der Waals surface area contributed by atoms with Crippen molar-refractivity contribution in [1.29, 1.82) is 0 Å². The average molecular weight is 1420 g/mol. The minimum atomic E-state index is -4.15. The van der Waals surface area contributed by atoms with Crippen LogP contribution in [0.15, 0.2) is 64.1 Å². The normalized spacial score (nSPS) is 12.2. The molecule has 6 aromatic rings. The summed E-state index contributed by atoms with van der Waals surface area (Å²) in [6.45, 7) is 9.17. The molecule has 2 heterocycles. The monoisotopic (exact) mass is 1410 g/mol. The first kappa shape index (κ1) is 69.3. The van der Waals surface area contributed by atoms with Crippen molar-refractivity contribution >= 4 is 137 Å². The van der Waals surface area contributed by atoms with Crippen LogP contribution in [0.1, 0.15) is 307 Å². The van der Waals surface area contributed by atoms with Crippen molar-refractivity contribution in [2.45, 2.75) is 320 Å². The maximum absolute atomic E-state index is 16.8. The zero-order valence-corrected chi connectivity index (χ0v) is 59.9. The molecule has 0 radical (unpaired) electrons. The van der Waals surface area contributed by atoms with E-state index >= 15 is 8.42 Å². The van der Waals surface area contributed by atoms with Gasteiger partial charge < -0.3 is 0 Å². The van der Waals surface area contributed by atoms with E-state index in [4.69, 9.17) is 0 Å². The van der Waals surface area contributed by atoms with Gasteiger partial charge in [-0.05, 0) is 130 Å². The van der Waals surface area contributed by atoms with Crippen molar-refractivity contribution in [2.75, 3.05) is 0 Å². The molecule has 6 rings (SSSR count). The van der Waals surface area contributed by atoms with Gasteiger partial charge in [0.1, 0.15) is 0 Å². The van der Waals surface area contributed by atoms with E-state index in [1.807, 2.05) is 22.7 Å². The minimum absolute atomic E-state index is 0.459. The summed E-state index contributed by atoms with van der Waals surface area (Å²) in [5, 5.41) is 3.90. The quantitative estimate of drug-likeness (QED) is 0.0357. The van der Waals surface area contributed by atoms with Crippen LogP contribution in [0.5, 0.6) is 0 Å². The lowest BCUT2D eigenvalue weighted by Crippen LogP contribution is -2.08. The Bertz CT molecular complexity index is 2690. The Hall–Kier alpha value is -0.810. The van der Waals surface area contributed by atoms with Crippen LogP contribution in [-0.2, 0) is 35.5 Å². The van der Waals surface area contributed by atoms with E-state index in [0.29, 0.717) is 9.79 Å². The van der Waals surface area contributed by atoms with Crippen LogP contribution in [-0.4, -0.2) is 8.42 Å². The summed E-state index contributed by atoms with van der Waals surface area (Å²) >= 11 is 20.0. The SMILES string of the molecule is CCCCCCCCCCCCc1cc2sc3c(CCCCCCCCCCCC)c(Br)ccc3c2c(S(=O)(=O)c2c(Br)c(CCCCCCCCCCCC)cc3sc4c(CCCCCCCCCCCC)c(Br)ccc4c23)c1Br. The number of halogens is 4. The lowest BCUT2D eigenvalue weighted by Gasteiger charge is -2.18. The van der Waals surface area contributed by atoms with Gasteiger partial charge in [0.2, 0.25) is 9.84 Å². The molecule has 4 aromatic carbocycles. The van der Waals surface area contributed by atoms with Gasteiger partial charge in [-0.15, -0.1) is 22.7 Å². The van der Waals surface area contributed by atoms with Gasteiger partial charge in [0.15, 0.2) is 0 Å². The number of unbranched alkanes of at least 4 members (excludes halogenated alkanes) is 36. The van der Waals surface area contributed by atoms with Crippen LogP contribution in [0.4, 0.5) is 0 Å². The molecule has 0 aliphatic carbocycles. The van der Waals surface area contributed by atoms with E-state index in [9.17, 15) is 0 Å². The molecule has 2 aromatic heterocycles. The second kappa shape index (κ2) is 39.2. The van der Waals surface area contributed by atoms with Crippen LogP contribution in [0.25, 0.3) is 40.3 Å². The summed E-state index contributed by atoms with van der Waals surface area (Å²) in [6.07, 6.45) is 55.3. The van der Waals surface area contributed by atoms with Crippen LogP contribution in [0.2, 0.25) is 0 Å². The molecule has 0 fully saturated rings. The third-order valence-electron chi connectivity index (χ3n) is 17.6. The fourth-order valence-corrected chi connectivity index (χ4v) is 21.0. The molecule has 0 saturated heterocycles. The van der Waals surface area contributed by atoms with Gasteiger partial charge in [-0.2, -0.15) is 0 Å². The van der Waals surface area contributed by atoms with Crippen LogP contribution >= 0.6 is 86.4 Å². The number of aryl methyl sites for hydroxylation is 4. The number of thiophene rings is 2. The highest BCUT2D eigenvalue weighted by atomic mass is 79.9. The second-order valence-electron chi connectivity index (χ2n) is 24.3. The van der Waals surface area contributed by atoms with E-state index in [1.54, 1.807) is 0 Å². The van der Waals surface area contributed by atoms with E-state index in [1.165, 1.54) is 239 Å². The average Bonchev–Trinajstić information content (AvgIpc) is 4.27. The van der Waals surface area contributed by atoms with Crippen molar-refractivity contribution < 1.29 is 8.42 Å². The van der Waals surface area contributed by atoms with Crippen molar-refractivity contribution in [3.8, 4) is 0 Å². The predicted molar refractivity (Wildman–Crippen MR) is 377 cm³/mol. The zero-order valence-electron chi connectivity index (χ0n) is 51.1. The summed E-state index contributed by atoms with van der Waals surface area (Å²) < 4.78 is 41.9. The van der Waals surface area contributed by atoms with Gasteiger partial charge in [-0.3, -0.25) is 0 Å². The first-order valence-corrected chi connectivity index (χ1v) is 39.8. The summed E-state index contributed by atoms with van der Waals surface area (Å²) in [7, 11) is -4.15. The number of rotatable bonds is 46. The third kappa shape index (κ3) is 21.2.